The number of hydrogen-bond acceptors (Lipinski definition) is 5. The molecule has 0 radical (unpaired) electrons. The Balaban J connectivity index is 2.38. The monoisotopic (exact) mass is 328 g/mol. The van der Waals surface area contributed by atoms with E-state index in [1.54, 1.807) is 24.1 Å². The number of benzene rings is 1. The fraction of sp³-hybridized carbons (Fsp3) is 0.533. The van der Waals surface area contributed by atoms with Crippen molar-refractivity contribution in [3.8, 4) is 5.75 Å². The minimum Gasteiger partial charge on any atom is -0.494 e. The van der Waals surface area contributed by atoms with Crippen LogP contribution in [0.3, 0.4) is 0 Å². The third kappa shape index (κ3) is 5.65. The maximum Gasteiger partial charge on any atom is 0.222 e. The SMILES string of the molecule is CC(CN)N(C)C(=O)CCCOc1ccc(S(C)(=O)=O)cc1. The van der Waals surface area contributed by atoms with Crippen LogP contribution >= 0.6 is 0 Å². The Morgan fingerprint density at radius 3 is 2.41 bits per heavy atom. The number of likely N-dealkylation sites (N-methyl/N-ethyl adjacent to an activating group) is 1. The summed E-state index contributed by atoms with van der Waals surface area (Å²) in [5.41, 5.74) is 5.52. The number of carbonyl (C=O) groups is 1. The van der Waals surface area contributed by atoms with Gasteiger partial charge in [0, 0.05) is 32.3 Å². The van der Waals surface area contributed by atoms with Gasteiger partial charge in [-0.25, -0.2) is 8.42 Å². The number of hydrogen-bond donors (Lipinski definition) is 1. The van der Waals surface area contributed by atoms with Crippen molar-refractivity contribution in [2.45, 2.75) is 30.7 Å². The summed E-state index contributed by atoms with van der Waals surface area (Å²) in [5.74, 6) is 0.623. The Kier molecular flexibility index (Phi) is 6.83. The zero-order valence-electron chi connectivity index (χ0n) is 13.3. The zero-order valence-corrected chi connectivity index (χ0v) is 14.1. The highest BCUT2D eigenvalue weighted by atomic mass is 32.2. The molecular weight excluding hydrogens is 304 g/mol. The standard InChI is InChI=1S/C15H24N2O4S/c1-12(11-16)17(2)15(18)5-4-10-21-13-6-8-14(9-7-13)22(3,19)20/h6-9,12H,4-5,10-11,16H2,1-3H3. The highest BCUT2D eigenvalue weighted by Crippen LogP contribution is 2.16. The molecule has 2 N–H and O–H groups in total. The summed E-state index contributed by atoms with van der Waals surface area (Å²) >= 11 is 0. The molecule has 1 rings (SSSR count). The van der Waals surface area contributed by atoms with Gasteiger partial charge in [-0.2, -0.15) is 0 Å². The van der Waals surface area contributed by atoms with Crippen LogP contribution in [0.15, 0.2) is 29.2 Å². The maximum absolute atomic E-state index is 11.9. The molecule has 0 fully saturated rings. The van der Waals surface area contributed by atoms with Gasteiger partial charge in [-0.3, -0.25) is 4.79 Å². The van der Waals surface area contributed by atoms with Crippen molar-refractivity contribution in [1.82, 2.24) is 4.90 Å². The molecule has 0 aliphatic heterocycles. The first kappa shape index (κ1) is 18.4. The molecule has 6 nitrogen and oxygen atoms in total. The minimum absolute atomic E-state index is 0.0250. The molecule has 0 aliphatic carbocycles. The number of nitrogens with zero attached hydrogens (tertiary/aromatic N) is 1. The molecule has 0 heterocycles. The van der Waals surface area contributed by atoms with Crippen molar-refractivity contribution in [3.05, 3.63) is 24.3 Å². The van der Waals surface area contributed by atoms with Crippen LogP contribution in [0.25, 0.3) is 0 Å². The lowest BCUT2D eigenvalue weighted by molar-refractivity contribution is -0.131. The summed E-state index contributed by atoms with van der Waals surface area (Å²) in [4.78, 5) is 13.8. The summed E-state index contributed by atoms with van der Waals surface area (Å²) in [6.07, 6.45) is 2.14. The second-order valence-electron chi connectivity index (χ2n) is 5.28. The highest BCUT2D eigenvalue weighted by molar-refractivity contribution is 7.90. The lowest BCUT2D eigenvalue weighted by Gasteiger charge is -2.23. The Hall–Kier alpha value is -1.60. The maximum atomic E-state index is 11.9. The number of ether oxygens (including phenoxy) is 1. The number of nitrogens with two attached hydrogens (primary N) is 1. The van der Waals surface area contributed by atoms with Crippen LogP contribution in [0.5, 0.6) is 5.75 Å². The molecule has 0 bridgehead atoms. The molecule has 22 heavy (non-hydrogen) atoms. The van der Waals surface area contributed by atoms with Gasteiger partial charge in [-0.1, -0.05) is 0 Å². The predicted molar refractivity (Wildman–Crippen MR) is 85.6 cm³/mol. The van der Waals surface area contributed by atoms with E-state index < -0.39 is 9.84 Å². The van der Waals surface area contributed by atoms with Crippen molar-refractivity contribution < 1.29 is 17.9 Å². The molecular formula is C15H24N2O4S. The summed E-state index contributed by atoms with van der Waals surface area (Å²) in [7, 11) is -1.45. The second kappa shape index (κ2) is 8.14. The molecule has 0 aromatic heterocycles. The van der Waals surface area contributed by atoms with E-state index in [4.69, 9.17) is 10.5 Å². The quantitative estimate of drug-likeness (QED) is 0.721. The molecule has 0 spiro atoms. The van der Waals surface area contributed by atoms with Gasteiger partial charge in [-0.05, 0) is 37.6 Å². The first-order valence-electron chi connectivity index (χ1n) is 7.14. The molecule has 124 valence electrons. The largest absolute Gasteiger partial charge is 0.494 e. The van der Waals surface area contributed by atoms with E-state index >= 15 is 0 Å². The lowest BCUT2D eigenvalue weighted by Crippen LogP contribution is -2.39. The number of carbonyl (C=O) groups excluding carboxylic acids is 1. The van der Waals surface area contributed by atoms with Crippen LogP contribution in [-0.2, 0) is 14.6 Å². The van der Waals surface area contributed by atoms with Crippen LogP contribution < -0.4 is 10.5 Å². The van der Waals surface area contributed by atoms with Gasteiger partial charge in [0.25, 0.3) is 0 Å². The summed E-state index contributed by atoms with van der Waals surface area (Å²) < 4.78 is 28.2. The van der Waals surface area contributed by atoms with Gasteiger partial charge in [0.2, 0.25) is 5.91 Å². The van der Waals surface area contributed by atoms with Crippen LogP contribution in [-0.4, -0.2) is 51.7 Å². The van der Waals surface area contributed by atoms with Crippen molar-refractivity contribution in [1.29, 1.82) is 0 Å². The Bertz CT molecular complexity index is 584. The molecule has 1 amide bonds. The molecule has 0 saturated carbocycles. The number of sulfone groups is 1. The predicted octanol–water partition coefficient (Wildman–Crippen LogP) is 1.05. The van der Waals surface area contributed by atoms with E-state index in [0.717, 1.165) is 6.26 Å². The molecule has 0 saturated heterocycles. The highest BCUT2D eigenvalue weighted by Gasteiger charge is 2.13. The zero-order chi connectivity index (χ0) is 16.8. The Morgan fingerprint density at radius 2 is 1.91 bits per heavy atom. The van der Waals surface area contributed by atoms with E-state index in [9.17, 15) is 13.2 Å². The molecule has 7 heteroatoms. The molecule has 1 aromatic carbocycles. The fourth-order valence-corrected chi connectivity index (χ4v) is 2.41. The first-order chi connectivity index (χ1) is 10.3. The van der Waals surface area contributed by atoms with Crippen LogP contribution in [0.1, 0.15) is 19.8 Å². The number of amides is 1. The van der Waals surface area contributed by atoms with Gasteiger partial charge >= 0.3 is 0 Å². The second-order valence-corrected chi connectivity index (χ2v) is 7.30. The van der Waals surface area contributed by atoms with Crippen LogP contribution in [0, 0.1) is 0 Å². The smallest absolute Gasteiger partial charge is 0.222 e. The minimum atomic E-state index is -3.19. The average molecular weight is 328 g/mol. The molecule has 1 aromatic rings. The van der Waals surface area contributed by atoms with Crippen molar-refractivity contribution in [2.24, 2.45) is 5.73 Å². The Labute approximate surface area is 132 Å². The third-order valence-corrected chi connectivity index (χ3v) is 4.58. The molecule has 0 aliphatic rings. The first-order valence-corrected chi connectivity index (χ1v) is 9.03. The molecule has 1 unspecified atom stereocenters. The normalized spacial score (nSPS) is 12.7. The lowest BCUT2D eigenvalue weighted by atomic mass is 10.2. The van der Waals surface area contributed by atoms with Gasteiger partial charge in [-0.15, -0.1) is 0 Å². The van der Waals surface area contributed by atoms with Crippen molar-refractivity contribution >= 4 is 15.7 Å². The van der Waals surface area contributed by atoms with Gasteiger partial charge < -0.3 is 15.4 Å². The molecule has 1 atom stereocenters. The van der Waals surface area contributed by atoms with Crippen molar-refractivity contribution in [3.63, 3.8) is 0 Å². The fourth-order valence-electron chi connectivity index (χ4n) is 1.78. The summed E-state index contributed by atoms with van der Waals surface area (Å²) in [5, 5.41) is 0. The van der Waals surface area contributed by atoms with Gasteiger partial charge in [0.15, 0.2) is 9.84 Å². The van der Waals surface area contributed by atoms with E-state index in [0.29, 0.717) is 31.7 Å². The van der Waals surface area contributed by atoms with E-state index in [2.05, 4.69) is 0 Å². The summed E-state index contributed by atoms with van der Waals surface area (Å²) in [6, 6.07) is 6.26. The van der Waals surface area contributed by atoms with Gasteiger partial charge in [0.1, 0.15) is 5.75 Å². The van der Waals surface area contributed by atoms with Crippen molar-refractivity contribution in [2.75, 3.05) is 26.5 Å². The van der Waals surface area contributed by atoms with E-state index in [1.165, 1.54) is 12.1 Å². The van der Waals surface area contributed by atoms with Crippen LogP contribution in [0.2, 0.25) is 0 Å². The van der Waals surface area contributed by atoms with E-state index in [1.807, 2.05) is 6.92 Å². The van der Waals surface area contributed by atoms with Gasteiger partial charge in [0.05, 0.1) is 11.5 Å². The average Bonchev–Trinajstić information content (AvgIpc) is 2.49. The Morgan fingerprint density at radius 1 is 1.32 bits per heavy atom. The van der Waals surface area contributed by atoms with Crippen LogP contribution in [0.4, 0.5) is 0 Å². The topological polar surface area (TPSA) is 89.7 Å². The van der Waals surface area contributed by atoms with E-state index in [-0.39, 0.29) is 16.8 Å². The summed E-state index contributed by atoms with van der Waals surface area (Å²) in [6.45, 7) is 2.73. The third-order valence-electron chi connectivity index (χ3n) is 3.45. The number of rotatable bonds is 8.